The minimum Gasteiger partial charge on any atom is -0.356 e. The van der Waals surface area contributed by atoms with Crippen LogP contribution >= 0.6 is 0 Å². The molecule has 0 aliphatic rings. The molecule has 0 saturated carbocycles. The number of H-pyrrole nitrogens is 1. The standard InChI is InChI=1S/C14H13N3O4/c1-9(18)11-6-12(15-8-11)14(19)16-7-10-4-2-3-5-13(10)17(20)21/h2-6,8,15H,7H2,1H3,(H,16,19). The molecule has 0 saturated heterocycles. The van der Waals surface area contributed by atoms with Crippen molar-refractivity contribution in [3.63, 3.8) is 0 Å². The number of benzene rings is 1. The van der Waals surface area contributed by atoms with E-state index in [0.717, 1.165) is 0 Å². The summed E-state index contributed by atoms with van der Waals surface area (Å²) in [5, 5.41) is 13.4. The van der Waals surface area contributed by atoms with Crippen molar-refractivity contribution >= 4 is 17.4 Å². The number of carbonyl (C=O) groups is 2. The molecule has 7 nitrogen and oxygen atoms in total. The van der Waals surface area contributed by atoms with Crippen molar-refractivity contribution < 1.29 is 14.5 Å². The quantitative estimate of drug-likeness (QED) is 0.498. The number of aromatic nitrogens is 1. The molecule has 1 aromatic heterocycles. The van der Waals surface area contributed by atoms with Gasteiger partial charge in [0.1, 0.15) is 5.69 Å². The molecule has 108 valence electrons. The fourth-order valence-electron chi connectivity index (χ4n) is 1.84. The van der Waals surface area contributed by atoms with Gasteiger partial charge in [0.25, 0.3) is 11.6 Å². The van der Waals surface area contributed by atoms with Crippen molar-refractivity contribution in [2.75, 3.05) is 0 Å². The Morgan fingerprint density at radius 2 is 2.05 bits per heavy atom. The summed E-state index contributed by atoms with van der Waals surface area (Å²) in [6, 6.07) is 7.62. The number of para-hydroxylation sites is 1. The number of hydrogen-bond acceptors (Lipinski definition) is 4. The van der Waals surface area contributed by atoms with Crippen molar-refractivity contribution in [2.24, 2.45) is 0 Å². The molecule has 0 unspecified atom stereocenters. The van der Waals surface area contributed by atoms with Gasteiger partial charge in [-0.2, -0.15) is 0 Å². The summed E-state index contributed by atoms with van der Waals surface area (Å²) in [7, 11) is 0. The SMILES string of the molecule is CC(=O)c1c[nH]c(C(=O)NCc2ccccc2[N+](=O)[O-])c1. The third-order valence-corrected chi connectivity index (χ3v) is 2.96. The van der Waals surface area contributed by atoms with E-state index in [9.17, 15) is 19.7 Å². The first kappa shape index (κ1) is 14.4. The van der Waals surface area contributed by atoms with Gasteiger partial charge in [0, 0.05) is 29.9 Å². The van der Waals surface area contributed by atoms with Crippen LogP contribution in [-0.4, -0.2) is 21.6 Å². The molecule has 2 rings (SSSR count). The van der Waals surface area contributed by atoms with E-state index in [1.807, 2.05) is 0 Å². The van der Waals surface area contributed by atoms with Crippen LogP contribution in [0.5, 0.6) is 0 Å². The molecule has 2 aromatic rings. The number of carbonyl (C=O) groups excluding carboxylic acids is 2. The van der Waals surface area contributed by atoms with Crippen LogP contribution in [0, 0.1) is 10.1 Å². The predicted octanol–water partition coefficient (Wildman–Crippen LogP) is 2.06. The maximum absolute atomic E-state index is 11.9. The highest BCUT2D eigenvalue weighted by atomic mass is 16.6. The van der Waals surface area contributed by atoms with Gasteiger partial charge in [-0.1, -0.05) is 18.2 Å². The first-order chi connectivity index (χ1) is 9.99. The molecule has 0 atom stereocenters. The average molecular weight is 287 g/mol. The van der Waals surface area contributed by atoms with Crippen LogP contribution in [0.15, 0.2) is 36.5 Å². The van der Waals surface area contributed by atoms with E-state index in [4.69, 9.17) is 0 Å². The second-order valence-corrected chi connectivity index (χ2v) is 4.43. The van der Waals surface area contributed by atoms with E-state index >= 15 is 0 Å². The molecule has 21 heavy (non-hydrogen) atoms. The maximum atomic E-state index is 11.9. The highest BCUT2D eigenvalue weighted by molar-refractivity contribution is 5.99. The van der Waals surface area contributed by atoms with Gasteiger partial charge in [-0.3, -0.25) is 19.7 Å². The topological polar surface area (TPSA) is 105 Å². The molecule has 2 N–H and O–H groups in total. The number of ketones is 1. The van der Waals surface area contributed by atoms with Crippen LogP contribution in [-0.2, 0) is 6.54 Å². The summed E-state index contributed by atoms with van der Waals surface area (Å²) in [6.07, 6.45) is 1.45. The Hall–Kier alpha value is -2.96. The second kappa shape index (κ2) is 6.00. The van der Waals surface area contributed by atoms with Crippen molar-refractivity contribution in [2.45, 2.75) is 13.5 Å². The fourth-order valence-corrected chi connectivity index (χ4v) is 1.84. The molecule has 1 amide bonds. The number of nitro benzene ring substituents is 1. The van der Waals surface area contributed by atoms with Gasteiger partial charge >= 0.3 is 0 Å². The number of amides is 1. The van der Waals surface area contributed by atoms with E-state index in [-0.39, 0.29) is 23.7 Å². The van der Waals surface area contributed by atoms with Gasteiger partial charge in [0.05, 0.1) is 4.92 Å². The number of nitro groups is 1. The lowest BCUT2D eigenvalue weighted by molar-refractivity contribution is -0.385. The molecular weight excluding hydrogens is 274 g/mol. The lowest BCUT2D eigenvalue weighted by atomic mass is 10.2. The zero-order valence-corrected chi connectivity index (χ0v) is 11.3. The number of nitrogens with zero attached hydrogens (tertiary/aromatic N) is 1. The molecular formula is C14H13N3O4. The number of nitrogens with one attached hydrogen (secondary N) is 2. The van der Waals surface area contributed by atoms with Gasteiger partial charge in [-0.25, -0.2) is 0 Å². The number of Topliss-reactive ketones (excluding diaryl/α,β-unsaturated/α-hetero) is 1. The van der Waals surface area contributed by atoms with E-state index < -0.39 is 10.8 Å². The Bertz CT molecular complexity index is 706. The summed E-state index contributed by atoms with van der Waals surface area (Å²) in [6.45, 7) is 1.43. The normalized spacial score (nSPS) is 10.1. The smallest absolute Gasteiger partial charge is 0.274 e. The van der Waals surface area contributed by atoms with E-state index in [1.165, 1.54) is 25.3 Å². The summed E-state index contributed by atoms with van der Waals surface area (Å²) in [5.41, 5.74) is 1.01. The van der Waals surface area contributed by atoms with Crippen molar-refractivity contribution in [3.8, 4) is 0 Å². The van der Waals surface area contributed by atoms with E-state index in [1.54, 1.807) is 18.2 Å². The van der Waals surface area contributed by atoms with Gasteiger partial charge in [-0.05, 0) is 13.0 Å². The van der Waals surface area contributed by atoms with Crippen molar-refractivity contribution in [1.29, 1.82) is 0 Å². The van der Waals surface area contributed by atoms with Crippen LogP contribution < -0.4 is 5.32 Å². The molecule has 0 aliphatic heterocycles. The molecule has 1 heterocycles. The van der Waals surface area contributed by atoms with E-state index in [0.29, 0.717) is 11.1 Å². The Balaban J connectivity index is 2.07. The zero-order valence-electron chi connectivity index (χ0n) is 11.3. The third kappa shape index (κ3) is 3.33. The molecule has 0 spiro atoms. The molecule has 0 fully saturated rings. The van der Waals surface area contributed by atoms with Crippen LogP contribution in [0.1, 0.15) is 33.3 Å². The zero-order chi connectivity index (χ0) is 15.4. The Morgan fingerprint density at radius 1 is 1.33 bits per heavy atom. The number of hydrogen-bond donors (Lipinski definition) is 2. The van der Waals surface area contributed by atoms with Gasteiger partial charge < -0.3 is 10.3 Å². The average Bonchev–Trinajstić information content (AvgIpc) is 2.95. The summed E-state index contributed by atoms with van der Waals surface area (Å²) in [4.78, 5) is 36.1. The monoisotopic (exact) mass is 287 g/mol. The van der Waals surface area contributed by atoms with Crippen molar-refractivity contribution in [1.82, 2.24) is 10.3 Å². The fraction of sp³-hybridized carbons (Fsp3) is 0.143. The first-order valence-electron chi connectivity index (χ1n) is 6.19. The van der Waals surface area contributed by atoms with Crippen molar-refractivity contribution in [3.05, 3.63) is 63.5 Å². The highest BCUT2D eigenvalue weighted by Crippen LogP contribution is 2.17. The summed E-state index contributed by atoms with van der Waals surface area (Å²) >= 11 is 0. The van der Waals surface area contributed by atoms with Crippen LogP contribution in [0.4, 0.5) is 5.69 Å². The lowest BCUT2D eigenvalue weighted by Gasteiger charge is -2.04. The largest absolute Gasteiger partial charge is 0.356 e. The number of rotatable bonds is 5. The van der Waals surface area contributed by atoms with Gasteiger partial charge in [0.2, 0.25) is 0 Å². The first-order valence-corrected chi connectivity index (χ1v) is 6.19. The molecule has 0 aliphatic carbocycles. The van der Waals surface area contributed by atoms with E-state index in [2.05, 4.69) is 10.3 Å². The van der Waals surface area contributed by atoms with Crippen LogP contribution in [0.25, 0.3) is 0 Å². The minimum absolute atomic E-state index is 0.0322. The Kier molecular flexibility index (Phi) is 4.13. The Labute approximate surface area is 120 Å². The molecule has 7 heteroatoms. The summed E-state index contributed by atoms with van der Waals surface area (Å²) in [5.74, 6) is -0.579. The third-order valence-electron chi connectivity index (χ3n) is 2.96. The maximum Gasteiger partial charge on any atom is 0.274 e. The molecule has 0 bridgehead atoms. The highest BCUT2D eigenvalue weighted by Gasteiger charge is 2.15. The van der Waals surface area contributed by atoms with Gasteiger partial charge in [-0.15, -0.1) is 0 Å². The van der Waals surface area contributed by atoms with Crippen LogP contribution in [0.2, 0.25) is 0 Å². The molecule has 1 aromatic carbocycles. The number of aromatic amines is 1. The summed E-state index contributed by atoms with van der Waals surface area (Å²) < 4.78 is 0. The minimum atomic E-state index is -0.496. The predicted molar refractivity (Wildman–Crippen MR) is 75.1 cm³/mol. The van der Waals surface area contributed by atoms with Gasteiger partial charge in [0.15, 0.2) is 5.78 Å². The Morgan fingerprint density at radius 3 is 2.67 bits per heavy atom. The molecule has 0 radical (unpaired) electrons. The van der Waals surface area contributed by atoms with Crippen LogP contribution in [0.3, 0.4) is 0 Å². The lowest BCUT2D eigenvalue weighted by Crippen LogP contribution is -2.23. The second-order valence-electron chi connectivity index (χ2n) is 4.43.